The van der Waals surface area contributed by atoms with E-state index in [1.807, 2.05) is 20.0 Å². The summed E-state index contributed by atoms with van der Waals surface area (Å²) in [6.07, 6.45) is 0. The molecule has 0 unspecified atom stereocenters. The maximum atomic E-state index is 13.6. The van der Waals surface area contributed by atoms with Gasteiger partial charge < -0.3 is 4.74 Å². The van der Waals surface area contributed by atoms with Crippen LogP contribution in [0.25, 0.3) is 0 Å². The fourth-order valence-corrected chi connectivity index (χ4v) is 1.86. The lowest BCUT2D eigenvalue weighted by molar-refractivity contribution is 0.280. The summed E-state index contributed by atoms with van der Waals surface area (Å²) in [7, 11) is 1.83. The van der Waals surface area contributed by atoms with Crippen molar-refractivity contribution in [2.45, 2.75) is 19.4 Å². The Morgan fingerprint density at radius 1 is 1.39 bits per heavy atom. The van der Waals surface area contributed by atoms with Crippen molar-refractivity contribution >= 4 is 11.6 Å². The van der Waals surface area contributed by atoms with Crippen LogP contribution in [0, 0.1) is 12.7 Å². The van der Waals surface area contributed by atoms with Crippen LogP contribution >= 0.6 is 11.6 Å². The van der Waals surface area contributed by atoms with E-state index in [0.29, 0.717) is 0 Å². The highest BCUT2D eigenvalue weighted by Gasteiger charge is 2.07. The van der Waals surface area contributed by atoms with Crippen LogP contribution < -0.4 is 4.74 Å². The third-order valence-electron chi connectivity index (χ3n) is 2.63. The lowest BCUT2D eigenvalue weighted by Gasteiger charge is -2.08. The molecule has 0 aliphatic heterocycles. The molecule has 0 fully saturated rings. The smallest absolute Gasteiger partial charge is 0.165 e. The van der Waals surface area contributed by atoms with Gasteiger partial charge in [0.15, 0.2) is 11.6 Å². The van der Waals surface area contributed by atoms with Gasteiger partial charge in [-0.05, 0) is 30.7 Å². The molecule has 18 heavy (non-hydrogen) atoms. The van der Waals surface area contributed by atoms with Crippen molar-refractivity contribution in [2.75, 3.05) is 0 Å². The van der Waals surface area contributed by atoms with Gasteiger partial charge >= 0.3 is 0 Å². The van der Waals surface area contributed by atoms with E-state index < -0.39 is 5.82 Å². The first-order valence-electron chi connectivity index (χ1n) is 5.57. The summed E-state index contributed by atoms with van der Waals surface area (Å²) in [6, 6.07) is 6.64. The molecule has 1 heterocycles. The van der Waals surface area contributed by atoms with Gasteiger partial charge in [0, 0.05) is 12.9 Å². The van der Waals surface area contributed by atoms with Crippen molar-refractivity contribution in [3.05, 3.63) is 47.0 Å². The van der Waals surface area contributed by atoms with Gasteiger partial charge in [-0.2, -0.15) is 5.10 Å². The zero-order valence-corrected chi connectivity index (χ0v) is 11.0. The largest absolute Gasteiger partial charge is 0.484 e. The average molecular weight is 269 g/mol. The highest BCUT2D eigenvalue weighted by molar-refractivity contribution is 6.17. The molecule has 0 N–H and O–H groups in total. The summed E-state index contributed by atoms with van der Waals surface area (Å²) in [4.78, 5) is 0. The van der Waals surface area contributed by atoms with E-state index in [0.717, 1.165) is 17.0 Å². The van der Waals surface area contributed by atoms with Gasteiger partial charge in [-0.25, -0.2) is 4.39 Å². The van der Waals surface area contributed by atoms with Crippen LogP contribution in [0.15, 0.2) is 24.3 Å². The molecule has 0 aliphatic rings. The number of halogens is 2. The molecule has 0 bridgehead atoms. The maximum Gasteiger partial charge on any atom is 0.165 e. The number of ether oxygens (including phenoxy) is 1. The molecule has 0 saturated carbocycles. The Hall–Kier alpha value is -1.55. The van der Waals surface area contributed by atoms with Crippen LogP contribution in [0.3, 0.4) is 0 Å². The first-order chi connectivity index (χ1) is 8.60. The van der Waals surface area contributed by atoms with Crippen molar-refractivity contribution in [3.8, 4) is 5.75 Å². The zero-order valence-electron chi connectivity index (χ0n) is 10.3. The Balaban J connectivity index is 2.08. The second kappa shape index (κ2) is 5.40. The molecular weight excluding hydrogens is 255 g/mol. The molecule has 0 amide bonds. The molecule has 2 rings (SSSR count). The summed E-state index contributed by atoms with van der Waals surface area (Å²) in [6.45, 7) is 2.19. The minimum atomic E-state index is -0.396. The Bertz CT molecular complexity index is 554. The number of aryl methyl sites for hydroxylation is 2. The fourth-order valence-electron chi connectivity index (χ4n) is 1.70. The Morgan fingerprint density at radius 3 is 2.72 bits per heavy atom. The van der Waals surface area contributed by atoms with Gasteiger partial charge in [-0.15, -0.1) is 11.6 Å². The summed E-state index contributed by atoms with van der Waals surface area (Å²) >= 11 is 5.63. The lowest BCUT2D eigenvalue weighted by atomic mass is 10.2. The van der Waals surface area contributed by atoms with Crippen LogP contribution in [0.1, 0.15) is 17.0 Å². The number of benzene rings is 1. The van der Waals surface area contributed by atoms with Gasteiger partial charge in [-0.3, -0.25) is 4.68 Å². The van der Waals surface area contributed by atoms with Crippen molar-refractivity contribution in [3.63, 3.8) is 0 Å². The molecule has 5 heteroatoms. The summed E-state index contributed by atoms with van der Waals surface area (Å²) in [5, 5.41) is 4.20. The molecule has 2 aromatic rings. The van der Waals surface area contributed by atoms with Crippen LogP contribution in [-0.2, 0) is 19.5 Å². The summed E-state index contributed by atoms with van der Waals surface area (Å²) < 4.78 is 20.8. The summed E-state index contributed by atoms with van der Waals surface area (Å²) in [5.74, 6) is 0.118. The van der Waals surface area contributed by atoms with Crippen LogP contribution in [0.2, 0.25) is 0 Å². The number of aromatic nitrogens is 2. The normalized spacial score (nSPS) is 10.7. The van der Waals surface area contributed by atoms with E-state index in [2.05, 4.69) is 5.10 Å². The van der Waals surface area contributed by atoms with Gasteiger partial charge in [0.25, 0.3) is 0 Å². The Morgan fingerprint density at radius 2 is 2.17 bits per heavy atom. The van der Waals surface area contributed by atoms with E-state index in [1.165, 1.54) is 6.07 Å². The number of hydrogen-bond donors (Lipinski definition) is 0. The number of alkyl halides is 1. The number of rotatable bonds is 4. The highest BCUT2D eigenvalue weighted by Crippen LogP contribution is 2.20. The van der Waals surface area contributed by atoms with Crippen molar-refractivity contribution in [1.82, 2.24) is 9.78 Å². The van der Waals surface area contributed by atoms with Gasteiger partial charge in [-0.1, -0.05) is 6.07 Å². The predicted molar refractivity (Wildman–Crippen MR) is 68.2 cm³/mol. The fraction of sp³-hybridized carbons (Fsp3) is 0.308. The molecule has 1 aromatic heterocycles. The Kier molecular flexibility index (Phi) is 3.87. The predicted octanol–water partition coefficient (Wildman–Crippen LogP) is 3.19. The molecule has 0 aliphatic carbocycles. The molecular formula is C13H14ClFN2O. The topological polar surface area (TPSA) is 27.1 Å². The minimum absolute atomic E-state index is 0.225. The van der Waals surface area contributed by atoms with Crippen molar-refractivity contribution in [1.29, 1.82) is 0 Å². The molecule has 3 nitrogen and oxygen atoms in total. The number of hydrogen-bond acceptors (Lipinski definition) is 2. The van der Waals surface area contributed by atoms with Crippen molar-refractivity contribution in [2.24, 2.45) is 7.05 Å². The third-order valence-corrected chi connectivity index (χ3v) is 2.93. The zero-order chi connectivity index (χ0) is 13.1. The standard InChI is InChI=1S/C13H14ClFN2O/c1-9-5-11(17(2)16-9)8-18-13-4-3-10(7-14)6-12(13)15/h3-6H,7-8H2,1-2H3. The lowest BCUT2D eigenvalue weighted by Crippen LogP contribution is -2.04. The maximum absolute atomic E-state index is 13.6. The Labute approximate surface area is 110 Å². The van der Waals surface area contributed by atoms with E-state index >= 15 is 0 Å². The third kappa shape index (κ3) is 2.82. The molecule has 0 radical (unpaired) electrons. The van der Waals surface area contributed by atoms with E-state index in [4.69, 9.17) is 16.3 Å². The molecule has 96 valence electrons. The van der Waals surface area contributed by atoms with E-state index in [1.54, 1.807) is 16.8 Å². The molecule has 0 atom stereocenters. The first kappa shape index (κ1) is 12.9. The molecule has 0 spiro atoms. The monoisotopic (exact) mass is 268 g/mol. The molecule has 1 aromatic carbocycles. The van der Waals surface area contributed by atoms with Gasteiger partial charge in [0.2, 0.25) is 0 Å². The highest BCUT2D eigenvalue weighted by atomic mass is 35.5. The van der Waals surface area contributed by atoms with Gasteiger partial charge in [0.05, 0.1) is 11.4 Å². The summed E-state index contributed by atoms with van der Waals surface area (Å²) in [5.41, 5.74) is 2.54. The van der Waals surface area contributed by atoms with E-state index in [9.17, 15) is 4.39 Å². The SMILES string of the molecule is Cc1cc(COc2ccc(CCl)cc2F)n(C)n1. The van der Waals surface area contributed by atoms with Crippen LogP contribution in [-0.4, -0.2) is 9.78 Å². The second-order valence-electron chi connectivity index (χ2n) is 4.09. The minimum Gasteiger partial charge on any atom is -0.484 e. The quantitative estimate of drug-likeness (QED) is 0.797. The molecule has 0 saturated heterocycles. The van der Waals surface area contributed by atoms with Crippen LogP contribution in [0.4, 0.5) is 4.39 Å². The van der Waals surface area contributed by atoms with Crippen molar-refractivity contribution < 1.29 is 9.13 Å². The average Bonchev–Trinajstić information content (AvgIpc) is 2.66. The van der Waals surface area contributed by atoms with E-state index in [-0.39, 0.29) is 18.2 Å². The van der Waals surface area contributed by atoms with Gasteiger partial charge in [0.1, 0.15) is 6.61 Å². The second-order valence-corrected chi connectivity index (χ2v) is 4.36. The number of nitrogens with zero attached hydrogens (tertiary/aromatic N) is 2. The van der Waals surface area contributed by atoms with Crippen LogP contribution in [0.5, 0.6) is 5.75 Å². The first-order valence-corrected chi connectivity index (χ1v) is 6.10.